The Kier molecular flexibility index (Phi) is 4.29. The number of ether oxygens (including phenoxy) is 1. The van der Waals surface area contributed by atoms with Crippen LogP contribution in [0.15, 0.2) is 24.4 Å². The SMILES string of the molecule is CC(F)(F)CCNC(=O)c1cn(C2COC2)c2cccc(Cl)c12. The Morgan fingerprint density at radius 2 is 2.22 bits per heavy atom. The van der Waals surface area contributed by atoms with Crippen LogP contribution in [-0.2, 0) is 4.74 Å². The van der Waals surface area contributed by atoms with Gasteiger partial charge in [-0.15, -0.1) is 0 Å². The van der Waals surface area contributed by atoms with Gasteiger partial charge in [0.25, 0.3) is 5.91 Å². The van der Waals surface area contributed by atoms with Gasteiger partial charge in [0.05, 0.1) is 35.4 Å². The van der Waals surface area contributed by atoms with E-state index in [4.69, 9.17) is 16.3 Å². The van der Waals surface area contributed by atoms with E-state index in [0.717, 1.165) is 12.4 Å². The number of aromatic nitrogens is 1. The van der Waals surface area contributed by atoms with Crippen LogP contribution in [0.1, 0.15) is 29.7 Å². The number of rotatable bonds is 5. The van der Waals surface area contributed by atoms with Crippen LogP contribution in [0.5, 0.6) is 0 Å². The molecule has 1 amide bonds. The number of carbonyl (C=O) groups excluding carboxylic acids is 1. The number of hydrogen-bond acceptors (Lipinski definition) is 2. The molecular formula is C16H17ClF2N2O2. The second-order valence-corrected chi connectivity index (χ2v) is 6.26. The third-order valence-electron chi connectivity index (χ3n) is 3.92. The molecule has 23 heavy (non-hydrogen) atoms. The third-order valence-corrected chi connectivity index (χ3v) is 4.23. The summed E-state index contributed by atoms with van der Waals surface area (Å²) in [5, 5.41) is 3.65. The fourth-order valence-electron chi connectivity index (χ4n) is 2.62. The summed E-state index contributed by atoms with van der Waals surface area (Å²) in [6.07, 6.45) is 1.32. The maximum Gasteiger partial charge on any atom is 0.253 e. The smallest absolute Gasteiger partial charge is 0.253 e. The molecule has 1 aliphatic heterocycles. The van der Waals surface area contributed by atoms with Crippen molar-refractivity contribution < 1.29 is 18.3 Å². The summed E-state index contributed by atoms with van der Waals surface area (Å²) >= 11 is 6.25. The van der Waals surface area contributed by atoms with Crippen LogP contribution in [0.2, 0.25) is 5.02 Å². The zero-order valence-electron chi connectivity index (χ0n) is 12.6. The Morgan fingerprint density at radius 1 is 1.48 bits per heavy atom. The number of benzene rings is 1. The molecule has 1 aromatic carbocycles. The fourth-order valence-corrected chi connectivity index (χ4v) is 2.89. The molecule has 3 rings (SSSR count). The lowest BCUT2D eigenvalue weighted by molar-refractivity contribution is -0.0214. The highest BCUT2D eigenvalue weighted by atomic mass is 35.5. The van der Waals surface area contributed by atoms with E-state index in [9.17, 15) is 13.6 Å². The molecule has 0 aliphatic carbocycles. The van der Waals surface area contributed by atoms with Gasteiger partial charge in [-0.3, -0.25) is 4.79 Å². The number of fused-ring (bicyclic) bond motifs is 1. The van der Waals surface area contributed by atoms with Crippen molar-refractivity contribution in [3.8, 4) is 0 Å². The van der Waals surface area contributed by atoms with Gasteiger partial charge in [0.2, 0.25) is 5.92 Å². The van der Waals surface area contributed by atoms with Crippen molar-refractivity contribution in [3.05, 3.63) is 35.0 Å². The minimum absolute atomic E-state index is 0.0913. The lowest BCUT2D eigenvalue weighted by atomic mass is 10.1. The zero-order chi connectivity index (χ0) is 16.6. The van der Waals surface area contributed by atoms with Crippen molar-refractivity contribution in [1.29, 1.82) is 0 Å². The van der Waals surface area contributed by atoms with Gasteiger partial charge in [-0.1, -0.05) is 17.7 Å². The van der Waals surface area contributed by atoms with Gasteiger partial charge in [0, 0.05) is 24.5 Å². The minimum atomic E-state index is -2.80. The average molecular weight is 343 g/mol. The maximum atomic E-state index is 12.9. The Balaban J connectivity index is 1.89. The zero-order valence-corrected chi connectivity index (χ0v) is 13.4. The summed E-state index contributed by atoms with van der Waals surface area (Å²) in [6, 6.07) is 5.58. The summed E-state index contributed by atoms with van der Waals surface area (Å²) in [6.45, 7) is 1.91. The molecule has 1 N–H and O–H groups in total. The molecule has 124 valence electrons. The van der Waals surface area contributed by atoms with Gasteiger partial charge in [0.1, 0.15) is 0 Å². The Labute approximate surface area is 137 Å². The van der Waals surface area contributed by atoms with Gasteiger partial charge in [-0.05, 0) is 19.1 Å². The molecule has 0 spiro atoms. The molecule has 1 fully saturated rings. The van der Waals surface area contributed by atoms with Gasteiger partial charge in [-0.2, -0.15) is 0 Å². The number of nitrogens with zero attached hydrogens (tertiary/aromatic N) is 1. The maximum absolute atomic E-state index is 12.9. The predicted molar refractivity (Wildman–Crippen MR) is 84.4 cm³/mol. The van der Waals surface area contributed by atoms with Crippen LogP contribution in [0.3, 0.4) is 0 Å². The van der Waals surface area contributed by atoms with Crippen molar-refractivity contribution in [1.82, 2.24) is 9.88 Å². The molecule has 1 saturated heterocycles. The van der Waals surface area contributed by atoms with E-state index in [0.29, 0.717) is 29.2 Å². The van der Waals surface area contributed by atoms with E-state index in [1.807, 2.05) is 16.7 Å². The van der Waals surface area contributed by atoms with E-state index < -0.39 is 18.3 Å². The number of carbonyl (C=O) groups is 1. The molecule has 0 radical (unpaired) electrons. The standard InChI is InChI=1S/C16H17ClF2N2O2/c1-16(18,19)5-6-20-15(22)11-7-21(10-8-23-9-10)13-4-2-3-12(17)14(11)13/h2-4,7,10H,5-6,8-9H2,1H3,(H,20,22). The molecule has 1 aliphatic rings. The first-order valence-corrected chi connectivity index (χ1v) is 7.77. The van der Waals surface area contributed by atoms with Gasteiger partial charge in [-0.25, -0.2) is 8.78 Å². The van der Waals surface area contributed by atoms with E-state index in [1.54, 1.807) is 12.3 Å². The number of nitrogens with one attached hydrogen (secondary N) is 1. The van der Waals surface area contributed by atoms with Crippen molar-refractivity contribution >= 4 is 28.4 Å². The molecule has 4 nitrogen and oxygen atoms in total. The highest BCUT2D eigenvalue weighted by Gasteiger charge is 2.26. The summed E-state index contributed by atoms with van der Waals surface area (Å²) in [5.41, 5.74) is 1.24. The second-order valence-electron chi connectivity index (χ2n) is 5.85. The van der Waals surface area contributed by atoms with E-state index in [2.05, 4.69) is 5.32 Å². The molecule has 0 saturated carbocycles. The molecule has 2 aromatic rings. The Morgan fingerprint density at radius 3 is 2.83 bits per heavy atom. The first-order valence-electron chi connectivity index (χ1n) is 7.39. The van der Waals surface area contributed by atoms with Crippen molar-refractivity contribution in [2.24, 2.45) is 0 Å². The molecule has 1 aromatic heterocycles. The number of hydrogen-bond donors (Lipinski definition) is 1. The number of alkyl halides is 2. The van der Waals surface area contributed by atoms with Crippen LogP contribution in [0.4, 0.5) is 8.78 Å². The van der Waals surface area contributed by atoms with Crippen LogP contribution in [-0.4, -0.2) is 36.2 Å². The summed E-state index contributed by atoms with van der Waals surface area (Å²) < 4.78 is 32.9. The monoisotopic (exact) mass is 342 g/mol. The molecule has 0 bridgehead atoms. The van der Waals surface area contributed by atoms with Crippen LogP contribution in [0.25, 0.3) is 10.9 Å². The molecule has 7 heteroatoms. The topological polar surface area (TPSA) is 43.3 Å². The van der Waals surface area contributed by atoms with Gasteiger partial charge >= 0.3 is 0 Å². The second kappa shape index (κ2) is 6.09. The summed E-state index contributed by atoms with van der Waals surface area (Å²) in [7, 11) is 0. The fraction of sp³-hybridized carbons (Fsp3) is 0.438. The van der Waals surface area contributed by atoms with Gasteiger partial charge < -0.3 is 14.6 Å². The predicted octanol–water partition coefficient (Wildman–Crippen LogP) is 3.64. The van der Waals surface area contributed by atoms with Gasteiger partial charge in [0.15, 0.2) is 0 Å². The van der Waals surface area contributed by atoms with Crippen molar-refractivity contribution in [3.63, 3.8) is 0 Å². The summed E-state index contributed by atoms with van der Waals surface area (Å²) in [5.74, 6) is -3.20. The van der Waals surface area contributed by atoms with Crippen LogP contribution in [0, 0.1) is 0 Å². The lowest BCUT2D eigenvalue weighted by Gasteiger charge is -2.28. The normalized spacial score (nSPS) is 15.7. The average Bonchev–Trinajstić information content (AvgIpc) is 2.76. The first kappa shape index (κ1) is 16.2. The Bertz CT molecular complexity index is 735. The number of halogens is 3. The van der Waals surface area contributed by atoms with E-state index in [1.165, 1.54) is 0 Å². The number of amides is 1. The Hall–Kier alpha value is -1.66. The summed E-state index contributed by atoms with van der Waals surface area (Å²) in [4.78, 5) is 12.4. The minimum Gasteiger partial charge on any atom is -0.377 e. The van der Waals surface area contributed by atoms with E-state index >= 15 is 0 Å². The first-order chi connectivity index (χ1) is 10.9. The quantitative estimate of drug-likeness (QED) is 0.901. The largest absolute Gasteiger partial charge is 0.377 e. The van der Waals surface area contributed by atoms with Crippen LogP contribution < -0.4 is 5.32 Å². The van der Waals surface area contributed by atoms with Crippen LogP contribution >= 0.6 is 11.6 Å². The van der Waals surface area contributed by atoms with E-state index in [-0.39, 0.29) is 12.6 Å². The molecule has 2 heterocycles. The molecular weight excluding hydrogens is 326 g/mol. The lowest BCUT2D eigenvalue weighted by Crippen LogP contribution is -2.30. The van der Waals surface area contributed by atoms with Crippen molar-refractivity contribution in [2.45, 2.75) is 25.3 Å². The highest BCUT2D eigenvalue weighted by Crippen LogP contribution is 2.32. The molecule has 0 unspecified atom stereocenters. The third kappa shape index (κ3) is 3.33. The highest BCUT2D eigenvalue weighted by molar-refractivity contribution is 6.36. The molecule has 0 atom stereocenters. The van der Waals surface area contributed by atoms with Crippen molar-refractivity contribution in [2.75, 3.05) is 19.8 Å².